The van der Waals surface area contributed by atoms with Crippen molar-refractivity contribution in [2.75, 3.05) is 0 Å². The van der Waals surface area contributed by atoms with Crippen molar-refractivity contribution in [2.45, 2.75) is 5.92 Å². The molecule has 0 aliphatic heterocycles. The minimum atomic E-state index is -3.99. The van der Waals surface area contributed by atoms with Gasteiger partial charge in [0.1, 0.15) is 5.75 Å². The fourth-order valence-corrected chi connectivity index (χ4v) is 3.96. The van der Waals surface area contributed by atoms with Gasteiger partial charge in [0, 0.05) is 5.39 Å². The SMILES string of the molecule is O=C1C=Cc2ccc(F)c(F)c2C1(F)F.Oc1ccc2ccc(F)c(F)c2c1.Oc1ccc2ccc(F)c(F)c2c1F. The number of phenols is 2. The second-order valence-corrected chi connectivity index (χ2v) is 8.72. The number of phenolic OH excluding ortho intramolecular Hbond substituents is 2. The summed E-state index contributed by atoms with van der Waals surface area (Å²) in [5.74, 6) is -14.7. The zero-order chi connectivity index (χ0) is 30.9. The van der Waals surface area contributed by atoms with Gasteiger partial charge in [-0.05, 0) is 58.8 Å². The van der Waals surface area contributed by atoms with Crippen molar-refractivity contribution in [1.29, 1.82) is 0 Å². The zero-order valence-corrected chi connectivity index (χ0v) is 20.7. The fraction of sp³-hybridized carbons (Fsp3) is 0.0333. The molecular formula is C30H15F9O3. The number of carbonyl (C=O) groups is 1. The highest BCUT2D eigenvalue weighted by Crippen LogP contribution is 2.38. The third kappa shape index (κ3) is 5.60. The highest BCUT2D eigenvalue weighted by atomic mass is 19.3. The Labute approximate surface area is 230 Å². The van der Waals surface area contributed by atoms with Crippen molar-refractivity contribution in [3.8, 4) is 11.5 Å². The molecule has 216 valence electrons. The summed E-state index contributed by atoms with van der Waals surface area (Å²) in [6.07, 6.45) is 1.69. The maximum atomic E-state index is 13.2. The van der Waals surface area contributed by atoms with Gasteiger partial charge in [-0.15, -0.1) is 0 Å². The molecule has 0 heterocycles. The standard InChI is InChI=1S/C10H4F4O.C10H5F3O.C10H6F2O/c11-6-3-1-5-2-4-7(15)10(13,14)8(5)9(6)12;11-6-3-1-5-2-4-7(14)10(13)8(5)9(6)12;11-9-4-2-6-1-3-7(13)5-8(6)10(9)12/h1-4H;1-4,14H;1-5,13H. The summed E-state index contributed by atoms with van der Waals surface area (Å²) >= 11 is 0. The number of alkyl halides is 2. The third-order valence-electron chi connectivity index (χ3n) is 6.05. The van der Waals surface area contributed by atoms with Crippen LogP contribution in [0.3, 0.4) is 0 Å². The van der Waals surface area contributed by atoms with Crippen LogP contribution >= 0.6 is 0 Å². The first-order valence-electron chi connectivity index (χ1n) is 11.6. The molecule has 0 amide bonds. The van der Waals surface area contributed by atoms with E-state index < -0.39 is 69.1 Å². The molecule has 42 heavy (non-hydrogen) atoms. The number of halogens is 9. The van der Waals surface area contributed by atoms with E-state index in [-0.39, 0.29) is 22.1 Å². The normalized spacial score (nSPS) is 13.2. The highest BCUT2D eigenvalue weighted by molar-refractivity contribution is 6.02. The predicted octanol–water partition coefficient (Wildman–Crippen LogP) is 8.44. The van der Waals surface area contributed by atoms with Crippen LogP contribution in [-0.2, 0) is 10.7 Å². The molecule has 0 bridgehead atoms. The number of hydrogen-bond acceptors (Lipinski definition) is 3. The number of aromatic hydroxyl groups is 2. The quantitative estimate of drug-likeness (QED) is 0.177. The predicted molar refractivity (Wildman–Crippen MR) is 135 cm³/mol. The number of benzene rings is 5. The molecule has 12 heteroatoms. The van der Waals surface area contributed by atoms with Gasteiger partial charge in [0.15, 0.2) is 46.5 Å². The van der Waals surface area contributed by atoms with Gasteiger partial charge in [0.05, 0.1) is 10.9 Å². The lowest BCUT2D eigenvalue weighted by atomic mass is 9.92. The largest absolute Gasteiger partial charge is 0.508 e. The Bertz CT molecular complexity index is 1840. The first-order valence-corrected chi connectivity index (χ1v) is 11.6. The molecule has 0 saturated heterocycles. The van der Waals surface area contributed by atoms with Gasteiger partial charge in [0.25, 0.3) is 0 Å². The van der Waals surface area contributed by atoms with Crippen LogP contribution in [0.2, 0.25) is 0 Å². The first kappa shape index (κ1) is 30.0. The van der Waals surface area contributed by atoms with Gasteiger partial charge in [-0.3, -0.25) is 4.79 Å². The second-order valence-electron chi connectivity index (χ2n) is 8.72. The van der Waals surface area contributed by atoms with Crippen LogP contribution in [-0.4, -0.2) is 16.0 Å². The monoisotopic (exact) mass is 594 g/mol. The van der Waals surface area contributed by atoms with Crippen molar-refractivity contribution in [3.63, 3.8) is 0 Å². The van der Waals surface area contributed by atoms with Crippen LogP contribution in [0.25, 0.3) is 27.6 Å². The molecule has 5 aromatic rings. The maximum Gasteiger partial charge on any atom is 0.337 e. The molecular weight excluding hydrogens is 579 g/mol. The molecule has 0 spiro atoms. The molecule has 3 nitrogen and oxygen atoms in total. The topological polar surface area (TPSA) is 57.5 Å². The zero-order valence-electron chi connectivity index (χ0n) is 20.7. The Morgan fingerprint density at radius 2 is 1.12 bits per heavy atom. The number of fused-ring (bicyclic) bond motifs is 3. The molecule has 2 N–H and O–H groups in total. The van der Waals surface area contributed by atoms with Crippen molar-refractivity contribution >= 4 is 33.4 Å². The average molecular weight is 594 g/mol. The van der Waals surface area contributed by atoms with Gasteiger partial charge < -0.3 is 10.2 Å². The molecule has 6 rings (SSSR count). The minimum Gasteiger partial charge on any atom is -0.508 e. The molecule has 1 aliphatic rings. The van der Waals surface area contributed by atoms with E-state index in [9.17, 15) is 44.3 Å². The number of hydrogen-bond donors (Lipinski definition) is 2. The lowest BCUT2D eigenvalue weighted by Crippen LogP contribution is -2.29. The smallest absolute Gasteiger partial charge is 0.337 e. The van der Waals surface area contributed by atoms with Crippen LogP contribution in [0.1, 0.15) is 11.1 Å². The molecule has 0 saturated carbocycles. The van der Waals surface area contributed by atoms with Crippen LogP contribution in [0.5, 0.6) is 11.5 Å². The summed E-state index contributed by atoms with van der Waals surface area (Å²) in [5, 5.41) is 18.4. The third-order valence-corrected chi connectivity index (χ3v) is 6.05. The van der Waals surface area contributed by atoms with Crippen molar-refractivity contribution in [3.05, 3.63) is 125 Å². The molecule has 0 atom stereocenters. The summed E-state index contributed by atoms with van der Waals surface area (Å²) in [7, 11) is 0. The van der Waals surface area contributed by atoms with E-state index in [1.165, 1.54) is 36.4 Å². The number of carbonyl (C=O) groups excluding carboxylic acids is 1. The highest BCUT2D eigenvalue weighted by Gasteiger charge is 2.45. The lowest BCUT2D eigenvalue weighted by molar-refractivity contribution is -0.139. The minimum absolute atomic E-state index is 0.0722. The Morgan fingerprint density at radius 3 is 1.81 bits per heavy atom. The summed E-state index contributed by atoms with van der Waals surface area (Å²) in [6.45, 7) is 0. The first-order chi connectivity index (χ1) is 19.7. The van der Waals surface area contributed by atoms with E-state index in [1.807, 2.05) is 0 Å². The van der Waals surface area contributed by atoms with Gasteiger partial charge in [-0.1, -0.05) is 36.4 Å². The van der Waals surface area contributed by atoms with Crippen molar-refractivity contribution < 1.29 is 54.5 Å². The van der Waals surface area contributed by atoms with E-state index in [0.29, 0.717) is 11.5 Å². The van der Waals surface area contributed by atoms with Gasteiger partial charge in [-0.25, -0.2) is 30.7 Å². The van der Waals surface area contributed by atoms with Gasteiger partial charge in [0.2, 0.25) is 5.78 Å². The Hall–Kier alpha value is -5.00. The molecule has 0 fully saturated rings. The van der Waals surface area contributed by atoms with Crippen LogP contribution in [0, 0.1) is 40.7 Å². The van der Waals surface area contributed by atoms with E-state index in [0.717, 1.165) is 36.4 Å². The van der Waals surface area contributed by atoms with E-state index in [2.05, 4.69) is 0 Å². The van der Waals surface area contributed by atoms with Crippen LogP contribution in [0.15, 0.2) is 72.8 Å². The van der Waals surface area contributed by atoms with Crippen LogP contribution < -0.4 is 0 Å². The van der Waals surface area contributed by atoms with E-state index in [4.69, 9.17) is 10.2 Å². The van der Waals surface area contributed by atoms with Crippen molar-refractivity contribution in [1.82, 2.24) is 0 Å². The maximum absolute atomic E-state index is 13.2. The van der Waals surface area contributed by atoms with Gasteiger partial charge in [-0.2, -0.15) is 8.78 Å². The summed E-state index contributed by atoms with van der Waals surface area (Å²) in [6, 6.07) is 13.0. The van der Waals surface area contributed by atoms with Gasteiger partial charge >= 0.3 is 5.92 Å². The van der Waals surface area contributed by atoms with Crippen molar-refractivity contribution in [2.24, 2.45) is 0 Å². The molecule has 5 aromatic carbocycles. The number of allylic oxidation sites excluding steroid dienone is 1. The molecule has 0 unspecified atom stereocenters. The molecule has 0 aromatic heterocycles. The summed E-state index contributed by atoms with van der Waals surface area (Å²) in [5.41, 5.74) is -1.37. The summed E-state index contributed by atoms with van der Waals surface area (Å²) < 4.78 is 117. The number of rotatable bonds is 0. The van der Waals surface area contributed by atoms with E-state index >= 15 is 0 Å². The van der Waals surface area contributed by atoms with Crippen LogP contribution in [0.4, 0.5) is 39.5 Å². The molecule has 1 aliphatic carbocycles. The second kappa shape index (κ2) is 11.5. The van der Waals surface area contributed by atoms with E-state index in [1.54, 1.807) is 0 Å². The fourth-order valence-electron chi connectivity index (χ4n) is 3.96. The summed E-state index contributed by atoms with van der Waals surface area (Å²) in [4.78, 5) is 10.8. The average Bonchev–Trinajstić information content (AvgIpc) is 2.95. The molecule has 0 radical (unpaired) electrons. The Morgan fingerprint density at radius 1 is 0.571 bits per heavy atom. The Kier molecular flexibility index (Phi) is 8.19. The Balaban J connectivity index is 0.000000145. The lowest BCUT2D eigenvalue weighted by Gasteiger charge is -2.20. The number of ketones is 1.